The molecule has 2 fully saturated rings. The maximum absolute atomic E-state index is 11.3. The topological polar surface area (TPSA) is 66.9 Å². The Balaban J connectivity index is 0.000000323. The van der Waals surface area contributed by atoms with Crippen molar-refractivity contribution in [1.82, 2.24) is 15.2 Å². The highest BCUT2D eigenvalue weighted by Crippen LogP contribution is 2.35. The molecule has 33 heavy (non-hydrogen) atoms. The van der Waals surface area contributed by atoms with E-state index in [0.29, 0.717) is 19.1 Å². The number of aryl methyl sites for hydroxylation is 1. The Hall–Kier alpha value is -1.86. The van der Waals surface area contributed by atoms with Gasteiger partial charge in [-0.15, -0.1) is 0 Å². The molecule has 7 nitrogen and oxygen atoms in total. The zero-order valence-corrected chi connectivity index (χ0v) is 21.6. The van der Waals surface area contributed by atoms with Gasteiger partial charge in [-0.05, 0) is 26.3 Å². The number of aromatic nitrogens is 1. The van der Waals surface area contributed by atoms with Crippen LogP contribution in [0.1, 0.15) is 71.8 Å². The fraction of sp³-hybridized carbons (Fsp3) is 0.769. The van der Waals surface area contributed by atoms with Crippen molar-refractivity contribution in [1.29, 1.82) is 0 Å². The highest BCUT2D eigenvalue weighted by molar-refractivity contribution is 5.76. The Morgan fingerprint density at radius 2 is 1.91 bits per heavy atom. The number of rotatable bonds is 6. The number of carbonyl (C=O) groups excluding carboxylic acids is 1. The average Bonchev–Trinajstić information content (AvgIpc) is 3.36. The minimum Gasteiger partial charge on any atom is -0.492 e. The van der Waals surface area contributed by atoms with Crippen molar-refractivity contribution in [2.24, 2.45) is 0 Å². The number of anilines is 1. The second-order valence-corrected chi connectivity index (χ2v) is 8.74. The van der Waals surface area contributed by atoms with Crippen LogP contribution < -0.4 is 15.0 Å². The van der Waals surface area contributed by atoms with Crippen molar-refractivity contribution in [3.05, 3.63) is 17.3 Å². The number of likely N-dealkylation sites (N-methyl/N-ethyl adjacent to an activating group) is 1. The lowest BCUT2D eigenvalue weighted by Crippen LogP contribution is -2.46. The van der Waals surface area contributed by atoms with Crippen LogP contribution in [0.2, 0.25) is 0 Å². The minimum absolute atomic E-state index is 0. The Kier molecular flexibility index (Phi) is 12.5. The Bertz CT molecular complexity index is 706. The van der Waals surface area contributed by atoms with E-state index in [9.17, 15) is 4.79 Å². The Morgan fingerprint density at radius 3 is 2.55 bits per heavy atom. The minimum atomic E-state index is 0. The van der Waals surface area contributed by atoms with Crippen molar-refractivity contribution in [3.63, 3.8) is 0 Å². The van der Waals surface area contributed by atoms with E-state index in [1.165, 1.54) is 30.4 Å². The molecule has 0 atom stereocenters. The van der Waals surface area contributed by atoms with E-state index in [4.69, 9.17) is 9.47 Å². The van der Waals surface area contributed by atoms with E-state index in [0.717, 1.165) is 70.2 Å². The largest absolute Gasteiger partial charge is 0.492 e. The SMILES string of the molecule is CC.CCN1CCN(c2ncc(C)c3c2CCO3)CC1.COCCC(=O)NC1CCCCC1.[HH]. The molecule has 1 N–H and O–H groups in total. The molecule has 0 bridgehead atoms. The van der Waals surface area contributed by atoms with E-state index in [2.05, 4.69) is 33.9 Å². The van der Waals surface area contributed by atoms with Gasteiger partial charge in [-0.25, -0.2) is 4.98 Å². The molecule has 0 unspecified atom stereocenters. The number of piperazine rings is 1. The van der Waals surface area contributed by atoms with Gasteiger partial charge in [0.2, 0.25) is 5.91 Å². The molecule has 0 spiro atoms. The van der Waals surface area contributed by atoms with Gasteiger partial charge in [-0.2, -0.15) is 0 Å². The molecule has 1 saturated heterocycles. The summed E-state index contributed by atoms with van der Waals surface area (Å²) in [6.45, 7) is 15.2. The number of hydrogen-bond acceptors (Lipinski definition) is 6. The van der Waals surface area contributed by atoms with E-state index >= 15 is 0 Å². The second kappa shape index (κ2) is 15.1. The van der Waals surface area contributed by atoms with E-state index in [-0.39, 0.29) is 7.33 Å². The number of methoxy groups -OCH3 is 1. The number of hydrogen-bond donors (Lipinski definition) is 1. The molecule has 1 saturated carbocycles. The van der Waals surface area contributed by atoms with E-state index < -0.39 is 0 Å². The van der Waals surface area contributed by atoms with Gasteiger partial charge < -0.3 is 24.6 Å². The van der Waals surface area contributed by atoms with Gasteiger partial charge in [-0.1, -0.05) is 40.0 Å². The number of nitrogens with one attached hydrogen (secondary N) is 1. The summed E-state index contributed by atoms with van der Waals surface area (Å²) in [6, 6.07) is 0.429. The van der Waals surface area contributed by atoms with Crippen LogP contribution in [0.15, 0.2) is 6.20 Å². The van der Waals surface area contributed by atoms with Crippen LogP contribution in [-0.2, 0) is 16.0 Å². The molecule has 2 aliphatic heterocycles. The first-order valence-electron chi connectivity index (χ1n) is 13.0. The second-order valence-electron chi connectivity index (χ2n) is 8.74. The third-order valence-electron chi connectivity index (χ3n) is 6.50. The molecular formula is C26H48N4O3. The van der Waals surface area contributed by atoms with Gasteiger partial charge in [-0.3, -0.25) is 4.79 Å². The third-order valence-corrected chi connectivity index (χ3v) is 6.50. The number of nitrogens with zero attached hydrogens (tertiary/aromatic N) is 3. The number of pyridine rings is 1. The monoisotopic (exact) mass is 464 g/mol. The molecule has 3 aliphatic rings. The Labute approximate surface area is 202 Å². The summed E-state index contributed by atoms with van der Waals surface area (Å²) in [4.78, 5) is 20.8. The van der Waals surface area contributed by atoms with Crippen molar-refractivity contribution in [3.8, 4) is 5.75 Å². The molecular weight excluding hydrogens is 416 g/mol. The summed E-state index contributed by atoms with van der Waals surface area (Å²) in [6.07, 6.45) is 9.60. The maximum Gasteiger partial charge on any atom is 0.222 e. The Morgan fingerprint density at radius 1 is 1.21 bits per heavy atom. The molecule has 7 heteroatoms. The van der Waals surface area contributed by atoms with Crippen LogP contribution in [0.5, 0.6) is 5.75 Å². The van der Waals surface area contributed by atoms with E-state index in [1.54, 1.807) is 7.11 Å². The number of ether oxygens (including phenoxy) is 2. The molecule has 0 aromatic carbocycles. The maximum atomic E-state index is 11.3. The predicted octanol–water partition coefficient (Wildman–Crippen LogP) is 4.21. The van der Waals surface area contributed by atoms with Gasteiger partial charge >= 0.3 is 0 Å². The molecule has 1 aromatic heterocycles. The van der Waals surface area contributed by atoms with Gasteiger partial charge in [0, 0.05) is 70.9 Å². The van der Waals surface area contributed by atoms with Crippen molar-refractivity contribution in [2.75, 3.05) is 57.9 Å². The smallest absolute Gasteiger partial charge is 0.222 e. The molecule has 3 heterocycles. The summed E-state index contributed by atoms with van der Waals surface area (Å²) in [5.74, 6) is 2.37. The molecule has 4 rings (SSSR count). The van der Waals surface area contributed by atoms with Gasteiger partial charge in [0.1, 0.15) is 11.6 Å². The molecule has 0 radical (unpaired) electrons. The van der Waals surface area contributed by atoms with Crippen LogP contribution in [0.4, 0.5) is 5.82 Å². The van der Waals surface area contributed by atoms with Gasteiger partial charge in [0.15, 0.2) is 0 Å². The van der Waals surface area contributed by atoms with Crippen LogP contribution in [-0.4, -0.2) is 74.9 Å². The summed E-state index contributed by atoms with van der Waals surface area (Å²) in [5.41, 5.74) is 2.48. The van der Waals surface area contributed by atoms with Crippen LogP contribution in [0, 0.1) is 6.92 Å². The summed E-state index contributed by atoms with van der Waals surface area (Å²) in [5, 5.41) is 3.03. The first kappa shape index (κ1) is 27.4. The predicted molar refractivity (Wildman–Crippen MR) is 137 cm³/mol. The van der Waals surface area contributed by atoms with Crippen molar-refractivity contribution >= 4 is 11.7 Å². The summed E-state index contributed by atoms with van der Waals surface area (Å²) < 4.78 is 10.6. The first-order chi connectivity index (χ1) is 16.1. The lowest BCUT2D eigenvalue weighted by Gasteiger charge is -2.35. The zero-order chi connectivity index (χ0) is 24.1. The van der Waals surface area contributed by atoms with E-state index in [1.807, 2.05) is 20.0 Å². The molecule has 1 amide bonds. The lowest BCUT2D eigenvalue weighted by molar-refractivity contribution is -0.122. The molecule has 190 valence electrons. The van der Waals surface area contributed by atoms with Crippen LogP contribution in [0.3, 0.4) is 0 Å². The van der Waals surface area contributed by atoms with Crippen LogP contribution >= 0.6 is 0 Å². The van der Waals surface area contributed by atoms with Crippen LogP contribution in [0.25, 0.3) is 0 Å². The number of carbonyl (C=O) groups is 1. The third kappa shape index (κ3) is 8.45. The summed E-state index contributed by atoms with van der Waals surface area (Å²) >= 11 is 0. The lowest BCUT2D eigenvalue weighted by atomic mass is 9.95. The van der Waals surface area contributed by atoms with Gasteiger partial charge in [0.05, 0.1) is 13.2 Å². The zero-order valence-electron chi connectivity index (χ0n) is 21.6. The molecule has 1 aliphatic carbocycles. The quantitative estimate of drug-likeness (QED) is 0.680. The standard InChI is InChI=1S/C14H21N3O.C10H19NO2.C2H6.H2/c1-3-16-5-7-17(8-6-16)14-12-4-9-18-13(12)11(2)10-15-14;1-13-8-7-10(12)11-9-5-3-2-4-6-9;1-2;/h10H,3-9H2,1-2H3;9H,2-8H2,1H3,(H,11,12);1-2H3;1H. The first-order valence-corrected chi connectivity index (χ1v) is 13.0. The highest BCUT2D eigenvalue weighted by Gasteiger charge is 2.25. The molecule has 1 aromatic rings. The number of fused-ring (bicyclic) bond motifs is 1. The fourth-order valence-electron chi connectivity index (χ4n) is 4.61. The highest BCUT2D eigenvalue weighted by atomic mass is 16.5. The average molecular weight is 465 g/mol. The summed E-state index contributed by atoms with van der Waals surface area (Å²) in [7, 11) is 1.62. The van der Waals surface area contributed by atoms with Crippen molar-refractivity contribution < 1.29 is 15.7 Å². The fourth-order valence-corrected chi connectivity index (χ4v) is 4.61. The number of amides is 1. The normalized spacial score (nSPS) is 18.3. The van der Waals surface area contributed by atoms with Crippen molar-refractivity contribution in [2.45, 2.75) is 78.7 Å². The van der Waals surface area contributed by atoms with Gasteiger partial charge in [0.25, 0.3) is 0 Å².